The zero-order chi connectivity index (χ0) is 24.3. The molecular formula is C24H29N5O3S2. The lowest BCUT2D eigenvalue weighted by atomic mass is 9.99. The van der Waals surface area contributed by atoms with Gasteiger partial charge in [0.15, 0.2) is 0 Å². The standard InChI is InChI=1S/C24H29N5O3S2/c1-16-7-6-14-29(15-16)20-12-10-19(11-13-20)18(3)28-34(31,32)24-27-26-23(33-24)25-22(30)21-9-5-4-8-17(21)2/h4-5,8-13,16,18,28H,6-7,14-15H2,1-3H3,(H,25,26,30)/t16-,18-/m1/s1. The topological polar surface area (TPSA) is 104 Å². The van der Waals surface area contributed by atoms with Crippen molar-refractivity contribution in [1.82, 2.24) is 14.9 Å². The lowest BCUT2D eigenvalue weighted by Crippen LogP contribution is -2.34. The van der Waals surface area contributed by atoms with Gasteiger partial charge in [-0.15, -0.1) is 10.2 Å². The molecule has 2 aromatic carbocycles. The minimum atomic E-state index is -3.90. The van der Waals surface area contributed by atoms with Gasteiger partial charge in [-0.2, -0.15) is 0 Å². The van der Waals surface area contributed by atoms with Crippen molar-refractivity contribution >= 4 is 38.1 Å². The maximum absolute atomic E-state index is 12.9. The molecule has 1 aliphatic rings. The van der Waals surface area contributed by atoms with Crippen molar-refractivity contribution in [2.24, 2.45) is 5.92 Å². The second kappa shape index (κ2) is 10.2. The van der Waals surface area contributed by atoms with Crippen molar-refractivity contribution in [3.05, 3.63) is 65.2 Å². The molecule has 3 aromatic rings. The third-order valence-corrected chi connectivity index (χ3v) is 8.74. The number of carbonyl (C=O) groups is 1. The molecule has 1 aliphatic heterocycles. The lowest BCUT2D eigenvalue weighted by molar-refractivity contribution is 0.102. The number of amides is 1. The molecule has 34 heavy (non-hydrogen) atoms. The minimum absolute atomic E-state index is 0.126. The van der Waals surface area contributed by atoms with Gasteiger partial charge in [-0.05, 0) is 61.9 Å². The van der Waals surface area contributed by atoms with E-state index in [-0.39, 0.29) is 15.4 Å². The number of nitrogens with one attached hydrogen (secondary N) is 2. The summed E-state index contributed by atoms with van der Waals surface area (Å²) >= 11 is 0.816. The molecule has 0 spiro atoms. The highest BCUT2D eigenvalue weighted by atomic mass is 32.2. The molecule has 1 aromatic heterocycles. The maximum atomic E-state index is 12.9. The Morgan fingerprint density at radius 1 is 1.15 bits per heavy atom. The van der Waals surface area contributed by atoms with Crippen LogP contribution < -0.4 is 14.9 Å². The van der Waals surface area contributed by atoms with Crippen molar-refractivity contribution in [3.63, 3.8) is 0 Å². The summed E-state index contributed by atoms with van der Waals surface area (Å²) in [6, 6.07) is 14.7. The summed E-state index contributed by atoms with van der Waals surface area (Å²) in [6.07, 6.45) is 2.45. The van der Waals surface area contributed by atoms with Gasteiger partial charge in [0, 0.05) is 30.4 Å². The normalized spacial score (nSPS) is 17.4. The zero-order valence-corrected chi connectivity index (χ0v) is 21.1. The smallest absolute Gasteiger partial charge is 0.270 e. The lowest BCUT2D eigenvalue weighted by Gasteiger charge is -2.33. The van der Waals surface area contributed by atoms with Gasteiger partial charge in [-0.25, -0.2) is 13.1 Å². The van der Waals surface area contributed by atoms with E-state index in [2.05, 4.69) is 32.1 Å². The van der Waals surface area contributed by atoms with Gasteiger partial charge in [0.05, 0.1) is 0 Å². The van der Waals surface area contributed by atoms with Crippen molar-refractivity contribution in [3.8, 4) is 0 Å². The van der Waals surface area contributed by atoms with Gasteiger partial charge in [-0.3, -0.25) is 10.1 Å². The number of hydrogen-bond donors (Lipinski definition) is 2. The Balaban J connectivity index is 1.40. The fourth-order valence-corrected chi connectivity index (χ4v) is 6.25. The second-order valence-electron chi connectivity index (χ2n) is 8.77. The first-order valence-corrected chi connectivity index (χ1v) is 13.6. The van der Waals surface area contributed by atoms with E-state index in [4.69, 9.17) is 0 Å². The number of rotatable bonds is 7. The molecule has 0 bridgehead atoms. The summed E-state index contributed by atoms with van der Waals surface area (Å²) in [5, 5.41) is 10.4. The number of aromatic nitrogens is 2. The first kappa shape index (κ1) is 24.3. The highest BCUT2D eigenvalue weighted by Gasteiger charge is 2.24. The molecule has 1 fully saturated rings. The molecule has 2 atom stereocenters. The van der Waals surface area contributed by atoms with Crippen molar-refractivity contribution in [2.75, 3.05) is 23.3 Å². The van der Waals surface area contributed by atoms with Crippen molar-refractivity contribution in [1.29, 1.82) is 0 Å². The van der Waals surface area contributed by atoms with Crippen LogP contribution in [0.3, 0.4) is 0 Å². The fourth-order valence-electron chi connectivity index (χ4n) is 4.11. The van der Waals surface area contributed by atoms with Crippen molar-refractivity contribution in [2.45, 2.75) is 44.0 Å². The largest absolute Gasteiger partial charge is 0.371 e. The Labute approximate surface area is 204 Å². The van der Waals surface area contributed by atoms with Crippen LogP contribution in [0.15, 0.2) is 52.9 Å². The van der Waals surface area contributed by atoms with Gasteiger partial charge < -0.3 is 4.90 Å². The number of carbonyl (C=O) groups excluding carboxylic acids is 1. The SMILES string of the molecule is Cc1ccccc1C(=O)Nc1nnc(S(=O)(=O)N[C@H](C)c2ccc(N3CCC[C@@H](C)C3)cc2)s1. The van der Waals surface area contributed by atoms with E-state index < -0.39 is 16.1 Å². The van der Waals surface area contributed by atoms with Gasteiger partial charge in [0.1, 0.15) is 0 Å². The Kier molecular flexibility index (Phi) is 7.30. The quantitative estimate of drug-likeness (QED) is 0.468. The molecule has 2 heterocycles. The van der Waals surface area contributed by atoms with Gasteiger partial charge in [0.25, 0.3) is 15.9 Å². The summed E-state index contributed by atoms with van der Waals surface area (Å²) in [5.74, 6) is 0.320. The summed E-state index contributed by atoms with van der Waals surface area (Å²) in [5.41, 5.74) is 3.32. The predicted octanol–water partition coefficient (Wildman–Crippen LogP) is 4.37. The van der Waals surface area contributed by atoms with E-state index in [1.165, 1.54) is 12.8 Å². The molecule has 2 N–H and O–H groups in total. The minimum Gasteiger partial charge on any atom is -0.371 e. The average molecular weight is 500 g/mol. The number of nitrogens with zero attached hydrogens (tertiary/aromatic N) is 3. The average Bonchev–Trinajstić information content (AvgIpc) is 3.29. The number of anilines is 2. The molecule has 8 nitrogen and oxygen atoms in total. The molecule has 180 valence electrons. The van der Waals surface area contributed by atoms with Crippen LogP contribution in [-0.2, 0) is 10.0 Å². The van der Waals surface area contributed by atoms with Crippen LogP contribution >= 0.6 is 11.3 Å². The molecular weight excluding hydrogens is 470 g/mol. The van der Waals surface area contributed by atoms with Crippen LogP contribution in [0.2, 0.25) is 0 Å². The third kappa shape index (κ3) is 5.63. The Bertz CT molecular complexity index is 1260. The van der Waals surface area contributed by atoms with Crippen LogP contribution in [-0.4, -0.2) is 37.6 Å². The summed E-state index contributed by atoms with van der Waals surface area (Å²) in [6.45, 7) is 7.98. The van der Waals surface area contributed by atoms with E-state index in [9.17, 15) is 13.2 Å². The molecule has 1 amide bonds. The van der Waals surface area contributed by atoms with E-state index >= 15 is 0 Å². The summed E-state index contributed by atoms with van der Waals surface area (Å²) < 4.78 is 28.2. The highest BCUT2D eigenvalue weighted by Crippen LogP contribution is 2.26. The monoisotopic (exact) mass is 499 g/mol. The zero-order valence-electron chi connectivity index (χ0n) is 19.5. The van der Waals surface area contributed by atoms with Gasteiger partial charge in [-0.1, -0.05) is 48.6 Å². The molecule has 4 rings (SSSR count). The van der Waals surface area contributed by atoms with Crippen LogP contribution in [0.4, 0.5) is 10.8 Å². The predicted molar refractivity (Wildman–Crippen MR) is 135 cm³/mol. The van der Waals surface area contributed by atoms with Crippen LogP contribution in [0.25, 0.3) is 0 Å². The Hall–Kier alpha value is -2.82. The Morgan fingerprint density at radius 2 is 1.88 bits per heavy atom. The molecule has 1 saturated heterocycles. The molecule has 0 radical (unpaired) electrons. The van der Waals surface area contributed by atoms with Gasteiger partial charge in [0.2, 0.25) is 9.47 Å². The molecule has 0 aliphatic carbocycles. The van der Waals surface area contributed by atoms with E-state index in [1.807, 2.05) is 43.3 Å². The fraction of sp³-hybridized carbons (Fsp3) is 0.375. The third-order valence-electron chi connectivity index (χ3n) is 5.99. The second-order valence-corrected chi connectivity index (χ2v) is 11.6. The van der Waals surface area contributed by atoms with Crippen LogP contribution in [0.5, 0.6) is 0 Å². The number of piperidine rings is 1. The number of sulfonamides is 1. The van der Waals surface area contributed by atoms with E-state index in [1.54, 1.807) is 19.1 Å². The van der Waals surface area contributed by atoms with Crippen LogP contribution in [0.1, 0.15) is 54.2 Å². The molecule has 0 unspecified atom stereocenters. The van der Waals surface area contributed by atoms with E-state index in [0.717, 1.165) is 41.2 Å². The summed E-state index contributed by atoms with van der Waals surface area (Å²) in [4.78, 5) is 14.9. The van der Waals surface area contributed by atoms with Crippen molar-refractivity contribution < 1.29 is 13.2 Å². The maximum Gasteiger partial charge on any atom is 0.270 e. The highest BCUT2D eigenvalue weighted by molar-refractivity contribution is 7.91. The van der Waals surface area contributed by atoms with Gasteiger partial charge >= 0.3 is 0 Å². The van der Waals surface area contributed by atoms with E-state index in [0.29, 0.717) is 11.5 Å². The Morgan fingerprint density at radius 3 is 2.59 bits per heavy atom. The van der Waals surface area contributed by atoms with Crippen LogP contribution in [0, 0.1) is 12.8 Å². The number of aryl methyl sites for hydroxylation is 1. The summed E-state index contributed by atoms with van der Waals surface area (Å²) in [7, 11) is -3.90. The number of benzene rings is 2. The first-order valence-electron chi connectivity index (χ1n) is 11.3. The molecule has 0 saturated carbocycles. The molecule has 10 heteroatoms. The number of hydrogen-bond acceptors (Lipinski definition) is 7. The first-order chi connectivity index (χ1) is 16.2.